The summed E-state index contributed by atoms with van der Waals surface area (Å²) in [6.45, 7) is 5.35. The number of rotatable bonds is 15. The van der Waals surface area contributed by atoms with Gasteiger partial charge in [0.15, 0.2) is 23.1 Å². The number of ether oxygens (including phenoxy) is 1. The molecule has 1 saturated heterocycles. The number of carbonyl (C=O) groups is 4. The summed E-state index contributed by atoms with van der Waals surface area (Å²) in [4.78, 5) is 51.8. The lowest BCUT2D eigenvalue weighted by atomic mass is 9.81. The fourth-order valence-corrected chi connectivity index (χ4v) is 11.5. The molecular weight excluding hydrogens is 920 g/mol. The number of anilines is 4. The van der Waals surface area contributed by atoms with Crippen molar-refractivity contribution in [2.75, 3.05) is 26.7 Å². The van der Waals surface area contributed by atoms with Crippen molar-refractivity contribution in [2.45, 2.75) is 74.4 Å². The van der Waals surface area contributed by atoms with Crippen LogP contribution in [0.3, 0.4) is 0 Å². The summed E-state index contributed by atoms with van der Waals surface area (Å²) in [6, 6.07) is 33.1. The minimum atomic E-state index is -4.07. The Hall–Kier alpha value is -7.01. The lowest BCUT2D eigenvalue weighted by Gasteiger charge is -2.36. The Labute approximate surface area is 400 Å². The van der Waals surface area contributed by atoms with Gasteiger partial charge in [0.25, 0.3) is 20.0 Å². The SMILES string of the molecule is CC(=O)c1ccc(C2Nc3ccc(S(=O)(=O)Nc4ccc(C(=O)CCC(C)C(=O)c5ccc(C6CC(=O)c7cc(S(=O)(=O)Nc8ccc(F)c(C)c8)ccc7N6)cc5)cc4)cc3[C@H]3OCC[C@@H]23)cc1. The van der Waals surface area contributed by atoms with E-state index in [9.17, 15) is 40.4 Å². The number of fused-ring (bicyclic) bond motifs is 4. The van der Waals surface area contributed by atoms with E-state index in [0.717, 1.165) is 28.8 Å². The van der Waals surface area contributed by atoms with Gasteiger partial charge in [-0.2, -0.15) is 0 Å². The van der Waals surface area contributed by atoms with Crippen LogP contribution in [0.5, 0.6) is 0 Å². The van der Waals surface area contributed by atoms with Gasteiger partial charge < -0.3 is 15.4 Å². The third-order valence-electron chi connectivity index (χ3n) is 13.2. The van der Waals surface area contributed by atoms with Crippen LogP contribution in [0.2, 0.25) is 0 Å². The van der Waals surface area contributed by atoms with Crippen molar-refractivity contribution in [1.82, 2.24) is 0 Å². The topological polar surface area (TPSA) is 194 Å². The zero-order valence-electron chi connectivity index (χ0n) is 37.9. The van der Waals surface area contributed by atoms with Crippen LogP contribution in [0.15, 0.2) is 137 Å². The Bertz CT molecular complexity index is 3250. The zero-order valence-corrected chi connectivity index (χ0v) is 39.5. The molecule has 3 heterocycles. The Balaban J connectivity index is 0.776. The molecule has 354 valence electrons. The molecule has 3 unspecified atom stereocenters. The number of halogens is 1. The number of hydrogen-bond donors (Lipinski definition) is 4. The van der Waals surface area contributed by atoms with E-state index in [0.29, 0.717) is 29.0 Å². The Kier molecular flexibility index (Phi) is 12.8. The van der Waals surface area contributed by atoms with Crippen molar-refractivity contribution in [3.8, 4) is 0 Å². The molecule has 0 saturated carbocycles. The molecule has 0 bridgehead atoms. The van der Waals surface area contributed by atoms with Crippen molar-refractivity contribution in [1.29, 1.82) is 0 Å². The van der Waals surface area contributed by atoms with Crippen molar-refractivity contribution < 1.29 is 45.1 Å². The third-order valence-corrected chi connectivity index (χ3v) is 16.0. The van der Waals surface area contributed by atoms with E-state index in [1.54, 1.807) is 55.5 Å². The molecule has 69 heavy (non-hydrogen) atoms. The van der Waals surface area contributed by atoms with Crippen LogP contribution in [0, 0.1) is 24.6 Å². The van der Waals surface area contributed by atoms with Crippen LogP contribution < -0.4 is 20.1 Å². The van der Waals surface area contributed by atoms with Crippen LogP contribution in [-0.2, 0) is 24.8 Å². The van der Waals surface area contributed by atoms with E-state index in [1.165, 1.54) is 68.4 Å². The average molecular weight is 969 g/mol. The molecule has 4 N–H and O–H groups in total. The highest BCUT2D eigenvalue weighted by molar-refractivity contribution is 7.93. The van der Waals surface area contributed by atoms with Crippen molar-refractivity contribution in [3.05, 3.63) is 178 Å². The molecular formula is C53H49FN4O9S2. The monoisotopic (exact) mass is 968 g/mol. The molecule has 6 aromatic carbocycles. The molecule has 0 radical (unpaired) electrons. The molecule has 3 aliphatic heterocycles. The highest BCUT2D eigenvalue weighted by atomic mass is 32.2. The van der Waals surface area contributed by atoms with Crippen LogP contribution >= 0.6 is 0 Å². The van der Waals surface area contributed by atoms with E-state index in [4.69, 9.17) is 4.74 Å². The van der Waals surface area contributed by atoms with Gasteiger partial charge in [0.1, 0.15) is 5.82 Å². The van der Waals surface area contributed by atoms with E-state index in [1.807, 2.05) is 24.3 Å². The van der Waals surface area contributed by atoms with Gasteiger partial charge in [-0.25, -0.2) is 21.2 Å². The number of nitrogens with one attached hydrogen (secondary N) is 4. The van der Waals surface area contributed by atoms with Gasteiger partial charge in [-0.1, -0.05) is 55.5 Å². The molecule has 0 amide bonds. The second-order valence-electron chi connectivity index (χ2n) is 17.9. The minimum absolute atomic E-state index is 0.00657. The average Bonchev–Trinajstić information content (AvgIpc) is 3.84. The van der Waals surface area contributed by atoms with Gasteiger partial charge in [-0.05, 0) is 122 Å². The summed E-state index contributed by atoms with van der Waals surface area (Å²) in [6.07, 6.45) is 0.895. The van der Waals surface area contributed by atoms with Crippen molar-refractivity contribution >= 4 is 65.9 Å². The molecule has 3 aliphatic rings. The van der Waals surface area contributed by atoms with E-state index < -0.39 is 37.8 Å². The third kappa shape index (κ3) is 9.82. The lowest BCUT2D eigenvalue weighted by molar-refractivity contribution is 0.0827. The largest absolute Gasteiger partial charge is 0.378 e. The summed E-state index contributed by atoms with van der Waals surface area (Å²) in [7, 11) is -8.09. The quantitative estimate of drug-likeness (QED) is 0.0716. The first-order chi connectivity index (χ1) is 32.9. The fraction of sp³-hybridized carbons (Fsp3) is 0.245. The fourth-order valence-electron chi connectivity index (χ4n) is 9.30. The predicted molar refractivity (Wildman–Crippen MR) is 261 cm³/mol. The first kappa shape index (κ1) is 47.1. The molecule has 0 aromatic heterocycles. The second kappa shape index (κ2) is 18.8. The van der Waals surface area contributed by atoms with E-state index >= 15 is 0 Å². The molecule has 0 spiro atoms. The molecule has 16 heteroatoms. The molecule has 9 rings (SSSR count). The number of sulfonamides is 2. The van der Waals surface area contributed by atoms with Crippen LogP contribution in [-0.4, -0.2) is 46.6 Å². The molecule has 13 nitrogen and oxygen atoms in total. The maximum Gasteiger partial charge on any atom is 0.261 e. The van der Waals surface area contributed by atoms with Crippen molar-refractivity contribution in [3.63, 3.8) is 0 Å². The summed E-state index contributed by atoms with van der Waals surface area (Å²) < 4.78 is 78.5. The first-order valence-corrected chi connectivity index (χ1v) is 25.6. The summed E-state index contributed by atoms with van der Waals surface area (Å²) in [5.74, 6) is -1.50. The molecule has 6 aromatic rings. The lowest BCUT2D eigenvalue weighted by Crippen LogP contribution is -2.29. The van der Waals surface area contributed by atoms with Gasteiger partial charge in [-0.15, -0.1) is 0 Å². The Morgan fingerprint density at radius 3 is 2.01 bits per heavy atom. The highest BCUT2D eigenvalue weighted by Gasteiger charge is 2.42. The molecule has 0 aliphatic carbocycles. The smallest absolute Gasteiger partial charge is 0.261 e. The molecule has 1 fully saturated rings. The van der Waals surface area contributed by atoms with Crippen molar-refractivity contribution in [2.24, 2.45) is 11.8 Å². The van der Waals surface area contributed by atoms with Crippen LogP contribution in [0.4, 0.5) is 27.1 Å². The number of Topliss-reactive ketones (excluding diaryl/α,β-unsaturated/α-hetero) is 4. The number of carbonyl (C=O) groups excluding carboxylic acids is 4. The van der Waals surface area contributed by atoms with Crippen LogP contribution in [0.25, 0.3) is 0 Å². The number of benzene rings is 6. The summed E-state index contributed by atoms with van der Waals surface area (Å²) >= 11 is 0. The standard InChI is InChI=1S/C53H49FN4O9S2/c1-30(52(62)37-11-7-34(8-12-37)48-29-50(61)43-27-40(18-21-46(43)55-48)69(65,66)58-39-17-20-45(54)31(2)26-39)4-23-49(60)35-13-15-38(16-14-35)57-68(63,64)41-19-22-47-44(28-41)53-42(24-25-67-53)51(56-47)36-9-5-33(6-10-36)32(3)59/h5-22,26-28,30,42,48,51,53,55-58H,4,23-25,29H2,1-3H3/t30?,42-,48?,51?,53-/m0/s1. The maximum absolute atomic E-state index is 13.7. The van der Waals surface area contributed by atoms with E-state index in [2.05, 4.69) is 20.1 Å². The maximum atomic E-state index is 13.7. The normalized spacial score (nSPS) is 18.9. The van der Waals surface area contributed by atoms with Gasteiger partial charge in [-0.3, -0.25) is 28.6 Å². The number of hydrogen-bond acceptors (Lipinski definition) is 11. The predicted octanol–water partition coefficient (Wildman–Crippen LogP) is 10.4. The number of aryl methyl sites for hydroxylation is 1. The second-order valence-corrected chi connectivity index (χ2v) is 21.3. The van der Waals surface area contributed by atoms with Gasteiger partial charge in [0, 0.05) is 81.9 Å². The first-order valence-electron chi connectivity index (χ1n) is 22.6. The molecule has 5 atom stereocenters. The Morgan fingerprint density at radius 2 is 1.33 bits per heavy atom. The zero-order chi connectivity index (χ0) is 48.8. The summed E-state index contributed by atoms with van der Waals surface area (Å²) in [5.41, 5.74) is 6.22. The summed E-state index contributed by atoms with van der Waals surface area (Å²) in [5, 5.41) is 6.88. The van der Waals surface area contributed by atoms with Gasteiger partial charge >= 0.3 is 0 Å². The van der Waals surface area contributed by atoms with Crippen LogP contribution in [0.1, 0.15) is 121 Å². The van der Waals surface area contributed by atoms with Gasteiger partial charge in [0.2, 0.25) is 0 Å². The Morgan fingerprint density at radius 1 is 0.725 bits per heavy atom. The minimum Gasteiger partial charge on any atom is -0.378 e. The van der Waals surface area contributed by atoms with Gasteiger partial charge in [0.05, 0.1) is 28.0 Å². The number of ketones is 4. The van der Waals surface area contributed by atoms with E-state index in [-0.39, 0.29) is 92.8 Å². The highest BCUT2D eigenvalue weighted by Crippen LogP contribution is 2.50.